The average molecular weight is 256 g/mol. The zero-order valence-corrected chi connectivity index (χ0v) is 10.6. The van der Waals surface area contributed by atoms with Crippen molar-refractivity contribution in [3.05, 3.63) is 34.9 Å². The van der Waals surface area contributed by atoms with Crippen molar-refractivity contribution >= 4 is 11.6 Å². The van der Waals surface area contributed by atoms with E-state index in [1.54, 1.807) is 0 Å². The third-order valence-corrected chi connectivity index (χ3v) is 3.29. The predicted molar refractivity (Wildman–Crippen MR) is 68.3 cm³/mol. The van der Waals surface area contributed by atoms with E-state index in [-0.39, 0.29) is 0 Å². The van der Waals surface area contributed by atoms with Gasteiger partial charge in [-0.05, 0) is 24.1 Å². The van der Waals surface area contributed by atoms with E-state index in [9.17, 15) is 5.11 Å². The molecule has 94 valence electrons. The van der Waals surface area contributed by atoms with Gasteiger partial charge in [0.25, 0.3) is 0 Å². The Morgan fingerprint density at radius 3 is 2.82 bits per heavy atom. The van der Waals surface area contributed by atoms with Gasteiger partial charge in [-0.2, -0.15) is 0 Å². The molecular weight excluding hydrogens is 238 g/mol. The fourth-order valence-electron chi connectivity index (χ4n) is 2.01. The molecule has 0 aromatic heterocycles. The van der Waals surface area contributed by atoms with Gasteiger partial charge in [0.1, 0.15) is 0 Å². The SMILES string of the molecule is OC(CCN1CCOCC1)c1cccc(Cl)c1. The number of benzene rings is 1. The zero-order chi connectivity index (χ0) is 12.1. The molecule has 3 nitrogen and oxygen atoms in total. The van der Waals surface area contributed by atoms with Crippen LogP contribution in [0, 0.1) is 0 Å². The Kier molecular flexibility index (Phi) is 4.80. The minimum atomic E-state index is -0.434. The van der Waals surface area contributed by atoms with Crippen LogP contribution in [-0.4, -0.2) is 42.9 Å². The second kappa shape index (κ2) is 6.36. The van der Waals surface area contributed by atoms with Gasteiger partial charge in [-0.25, -0.2) is 0 Å². The van der Waals surface area contributed by atoms with E-state index in [2.05, 4.69) is 4.90 Å². The minimum absolute atomic E-state index is 0.434. The summed E-state index contributed by atoms with van der Waals surface area (Å²) in [4.78, 5) is 2.32. The summed E-state index contributed by atoms with van der Waals surface area (Å²) in [6.07, 6.45) is 0.303. The fourth-order valence-corrected chi connectivity index (χ4v) is 2.21. The van der Waals surface area contributed by atoms with Gasteiger partial charge in [-0.1, -0.05) is 23.7 Å². The highest BCUT2D eigenvalue weighted by atomic mass is 35.5. The van der Waals surface area contributed by atoms with E-state index >= 15 is 0 Å². The third kappa shape index (κ3) is 3.96. The van der Waals surface area contributed by atoms with Crippen LogP contribution in [0.3, 0.4) is 0 Å². The first-order valence-electron chi connectivity index (χ1n) is 5.99. The second-order valence-corrected chi connectivity index (χ2v) is 4.75. The van der Waals surface area contributed by atoms with Gasteiger partial charge >= 0.3 is 0 Å². The topological polar surface area (TPSA) is 32.7 Å². The predicted octanol–water partition coefficient (Wildman–Crippen LogP) is 2.10. The van der Waals surface area contributed by atoms with E-state index in [4.69, 9.17) is 16.3 Å². The number of halogens is 1. The van der Waals surface area contributed by atoms with Crippen molar-refractivity contribution in [1.82, 2.24) is 4.90 Å². The normalized spacial score (nSPS) is 19.2. The Hall–Kier alpha value is -0.610. The molecule has 1 aliphatic heterocycles. The van der Waals surface area contributed by atoms with Gasteiger partial charge in [0.15, 0.2) is 0 Å². The van der Waals surface area contributed by atoms with E-state index < -0.39 is 6.10 Å². The van der Waals surface area contributed by atoms with Crippen LogP contribution in [0.4, 0.5) is 0 Å². The first-order valence-corrected chi connectivity index (χ1v) is 6.37. The molecule has 0 amide bonds. The molecule has 1 unspecified atom stereocenters. The van der Waals surface area contributed by atoms with Crippen LogP contribution in [0.5, 0.6) is 0 Å². The molecular formula is C13H18ClNO2. The number of ether oxygens (including phenoxy) is 1. The van der Waals surface area contributed by atoms with Gasteiger partial charge in [0.2, 0.25) is 0 Å². The molecule has 4 heteroatoms. The minimum Gasteiger partial charge on any atom is -0.388 e. The van der Waals surface area contributed by atoms with Crippen LogP contribution >= 0.6 is 11.6 Å². The summed E-state index contributed by atoms with van der Waals surface area (Å²) in [6.45, 7) is 4.42. The van der Waals surface area contributed by atoms with Crippen LogP contribution in [0.1, 0.15) is 18.1 Å². The Morgan fingerprint density at radius 1 is 1.35 bits per heavy atom. The van der Waals surface area contributed by atoms with Crippen LogP contribution in [-0.2, 0) is 4.74 Å². The fraction of sp³-hybridized carbons (Fsp3) is 0.538. The Labute approximate surface area is 107 Å². The lowest BCUT2D eigenvalue weighted by Gasteiger charge is -2.27. The van der Waals surface area contributed by atoms with Gasteiger partial charge in [0, 0.05) is 24.7 Å². The van der Waals surface area contributed by atoms with E-state index in [0.717, 1.165) is 44.8 Å². The zero-order valence-electron chi connectivity index (χ0n) is 9.81. The van der Waals surface area contributed by atoms with Crippen molar-refractivity contribution in [3.63, 3.8) is 0 Å². The molecule has 0 radical (unpaired) electrons. The molecule has 1 aromatic carbocycles. The summed E-state index contributed by atoms with van der Waals surface area (Å²) >= 11 is 5.90. The highest BCUT2D eigenvalue weighted by Crippen LogP contribution is 2.20. The molecule has 1 aromatic rings. The highest BCUT2D eigenvalue weighted by molar-refractivity contribution is 6.30. The van der Waals surface area contributed by atoms with Gasteiger partial charge in [-0.15, -0.1) is 0 Å². The largest absolute Gasteiger partial charge is 0.388 e. The summed E-state index contributed by atoms with van der Waals surface area (Å²) in [5.74, 6) is 0. The quantitative estimate of drug-likeness (QED) is 0.894. The lowest BCUT2D eigenvalue weighted by molar-refractivity contribution is 0.0300. The smallest absolute Gasteiger partial charge is 0.0802 e. The number of aliphatic hydroxyl groups excluding tert-OH is 1. The van der Waals surface area contributed by atoms with Crippen LogP contribution in [0.2, 0.25) is 5.02 Å². The number of aliphatic hydroxyl groups is 1. The van der Waals surface area contributed by atoms with Crippen molar-refractivity contribution < 1.29 is 9.84 Å². The molecule has 1 atom stereocenters. The van der Waals surface area contributed by atoms with Gasteiger partial charge < -0.3 is 9.84 Å². The summed E-state index contributed by atoms with van der Waals surface area (Å²) < 4.78 is 5.29. The molecule has 1 N–H and O–H groups in total. The molecule has 0 spiro atoms. The highest BCUT2D eigenvalue weighted by Gasteiger charge is 2.13. The van der Waals surface area contributed by atoms with Crippen molar-refractivity contribution in [2.24, 2.45) is 0 Å². The molecule has 1 aliphatic rings. The number of morpholine rings is 1. The first-order chi connectivity index (χ1) is 8.25. The van der Waals surface area contributed by atoms with Crippen LogP contribution < -0.4 is 0 Å². The Balaban J connectivity index is 1.82. The Bertz CT molecular complexity index is 353. The van der Waals surface area contributed by atoms with Gasteiger partial charge in [-0.3, -0.25) is 4.90 Å². The van der Waals surface area contributed by atoms with Gasteiger partial charge in [0.05, 0.1) is 19.3 Å². The molecule has 2 rings (SSSR count). The molecule has 0 saturated carbocycles. The standard InChI is InChI=1S/C13H18ClNO2/c14-12-3-1-2-11(10-12)13(16)4-5-15-6-8-17-9-7-15/h1-3,10,13,16H,4-9H2. The van der Waals surface area contributed by atoms with E-state index in [1.807, 2.05) is 24.3 Å². The third-order valence-electron chi connectivity index (χ3n) is 3.06. The lowest BCUT2D eigenvalue weighted by atomic mass is 10.1. The van der Waals surface area contributed by atoms with Crippen molar-refractivity contribution in [3.8, 4) is 0 Å². The molecule has 0 aliphatic carbocycles. The molecule has 1 heterocycles. The number of hydrogen-bond acceptors (Lipinski definition) is 3. The molecule has 0 bridgehead atoms. The van der Waals surface area contributed by atoms with Crippen molar-refractivity contribution in [2.45, 2.75) is 12.5 Å². The second-order valence-electron chi connectivity index (χ2n) is 4.31. The Morgan fingerprint density at radius 2 is 2.12 bits per heavy atom. The lowest BCUT2D eigenvalue weighted by Crippen LogP contribution is -2.37. The van der Waals surface area contributed by atoms with Crippen molar-refractivity contribution in [1.29, 1.82) is 0 Å². The molecule has 1 fully saturated rings. The van der Waals surface area contributed by atoms with E-state index in [0.29, 0.717) is 5.02 Å². The average Bonchev–Trinajstić information content (AvgIpc) is 2.37. The van der Waals surface area contributed by atoms with Crippen molar-refractivity contribution in [2.75, 3.05) is 32.8 Å². The monoisotopic (exact) mass is 255 g/mol. The van der Waals surface area contributed by atoms with E-state index in [1.165, 1.54) is 0 Å². The number of nitrogens with zero attached hydrogens (tertiary/aromatic N) is 1. The maximum Gasteiger partial charge on any atom is 0.0802 e. The first kappa shape index (κ1) is 12.8. The number of rotatable bonds is 4. The maximum atomic E-state index is 10.1. The van der Waals surface area contributed by atoms with Crippen LogP contribution in [0.25, 0.3) is 0 Å². The summed E-state index contributed by atoms with van der Waals surface area (Å²) in [5, 5.41) is 10.7. The molecule has 17 heavy (non-hydrogen) atoms. The molecule has 1 saturated heterocycles. The maximum absolute atomic E-state index is 10.1. The summed E-state index contributed by atoms with van der Waals surface area (Å²) in [7, 11) is 0. The van der Waals surface area contributed by atoms with Crippen LogP contribution in [0.15, 0.2) is 24.3 Å². The number of hydrogen-bond donors (Lipinski definition) is 1. The summed E-state index contributed by atoms with van der Waals surface area (Å²) in [5.41, 5.74) is 0.894. The summed E-state index contributed by atoms with van der Waals surface area (Å²) in [6, 6.07) is 7.43.